The summed E-state index contributed by atoms with van der Waals surface area (Å²) in [6.07, 6.45) is 0.933. The van der Waals surface area contributed by atoms with E-state index in [0.717, 1.165) is 17.8 Å². The average molecular weight is 258 g/mol. The van der Waals surface area contributed by atoms with E-state index in [1.165, 1.54) is 22.5 Å². The monoisotopic (exact) mass is 258 g/mol. The Labute approximate surface area is 110 Å². The van der Waals surface area contributed by atoms with Crippen LogP contribution in [0.4, 0.5) is 5.00 Å². The van der Waals surface area contributed by atoms with Crippen molar-refractivity contribution in [3.05, 3.63) is 52.4 Å². The number of fused-ring (bicyclic) bond motifs is 1. The lowest BCUT2D eigenvalue weighted by molar-refractivity contribution is 0.0739. The Morgan fingerprint density at radius 1 is 1.17 bits per heavy atom. The maximum Gasteiger partial charge on any atom is 0.264 e. The molecule has 1 aliphatic rings. The Morgan fingerprint density at radius 3 is 2.67 bits per heavy atom. The maximum atomic E-state index is 12.3. The van der Waals surface area contributed by atoms with Gasteiger partial charge in [-0.05, 0) is 29.7 Å². The number of thiophene rings is 1. The molecule has 2 aromatic rings. The Kier molecular flexibility index (Phi) is 2.80. The Balaban J connectivity index is 1.82. The first-order valence-electron chi connectivity index (χ1n) is 5.95. The van der Waals surface area contributed by atoms with Gasteiger partial charge < -0.3 is 10.6 Å². The summed E-state index contributed by atoms with van der Waals surface area (Å²) in [5.41, 5.74) is 8.28. The van der Waals surface area contributed by atoms with Gasteiger partial charge in [0.15, 0.2) is 0 Å². The molecule has 0 fully saturated rings. The van der Waals surface area contributed by atoms with Crippen molar-refractivity contribution in [2.75, 3.05) is 12.3 Å². The second kappa shape index (κ2) is 4.46. The fraction of sp³-hybridized carbons (Fsp3) is 0.214. The number of anilines is 1. The van der Waals surface area contributed by atoms with Crippen LogP contribution in [0.2, 0.25) is 0 Å². The minimum atomic E-state index is 0.0891. The summed E-state index contributed by atoms with van der Waals surface area (Å²) in [5, 5.41) is 0.691. The highest BCUT2D eigenvalue weighted by atomic mass is 32.1. The van der Waals surface area contributed by atoms with E-state index in [0.29, 0.717) is 11.5 Å². The van der Waals surface area contributed by atoms with Gasteiger partial charge in [-0.1, -0.05) is 24.3 Å². The molecule has 0 aliphatic carbocycles. The van der Waals surface area contributed by atoms with E-state index < -0.39 is 0 Å². The molecule has 0 radical (unpaired) electrons. The van der Waals surface area contributed by atoms with Gasteiger partial charge in [0, 0.05) is 13.1 Å². The molecular formula is C14H14N2OS. The zero-order chi connectivity index (χ0) is 12.5. The standard InChI is InChI=1S/C14H14N2OS/c15-13-6-5-12(18-13)14(17)16-8-7-10-3-1-2-4-11(10)9-16/h1-6H,7-9,15H2. The summed E-state index contributed by atoms with van der Waals surface area (Å²) in [6, 6.07) is 11.9. The number of nitrogen functional groups attached to an aromatic ring is 1. The van der Waals surface area contributed by atoms with Crippen LogP contribution in [-0.2, 0) is 13.0 Å². The predicted octanol–water partition coefficient (Wildman–Crippen LogP) is 2.53. The normalized spacial score (nSPS) is 14.3. The molecule has 1 aliphatic heterocycles. The fourth-order valence-corrected chi connectivity index (χ4v) is 3.04. The first-order chi connectivity index (χ1) is 8.74. The van der Waals surface area contributed by atoms with Gasteiger partial charge in [0.25, 0.3) is 5.91 Å². The lowest BCUT2D eigenvalue weighted by Gasteiger charge is -2.28. The minimum absolute atomic E-state index is 0.0891. The molecule has 0 bridgehead atoms. The Bertz CT molecular complexity index is 591. The molecule has 92 valence electrons. The van der Waals surface area contributed by atoms with Crippen LogP contribution in [0.15, 0.2) is 36.4 Å². The fourth-order valence-electron chi connectivity index (χ4n) is 2.29. The smallest absolute Gasteiger partial charge is 0.264 e. The minimum Gasteiger partial charge on any atom is -0.391 e. The summed E-state index contributed by atoms with van der Waals surface area (Å²) in [4.78, 5) is 14.9. The van der Waals surface area contributed by atoms with Crippen molar-refractivity contribution in [1.29, 1.82) is 0 Å². The van der Waals surface area contributed by atoms with Crippen LogP contribution in [0, 0.1) is 0 Å². The quantitative estimate of drug-likeness (QED) is 0.854. The number of rotatable bonds is 1. The number of nitrogens with zero attached hydrogens (tertiary/aromatic N) is 1. The molecule has 1 amide bonds. The van der Waals surface area contributed by atoms with E-state index in [9.17, 15) is 4.79 Å². The molecule has 0 saturated heterocycles. The van der Waals surface area contributed by atoms with Gasteiger partial charge in [-0.25, -0.2) is 0 Å². The van der Waals surface area contributed by atoms with Crippen molar-refractivity contribution in [3.63, 3.8) is 0 Å². The first-order valence-corrected chi connectivity index (χ1v) is 6.77. The number of amides is 1. The van der Waals surface area contributed by atoms with Crippen molar-refractivity contribution in [1.82, 2.24) is 4.90 Å². The van der Waals surface area contributed by atoms with E-state index in [1.54, 1.807) is 6.07 Å². The Morgan fingerprint density at radius 2 is 1.94 bits per heavy atom. The third kappa shape index (κ3) is 1.99. The SMILES string of the molecule is Nc1ccc(C(=O)N2CCc3ccccc3C2)s1. The van der Waals surface area contributed by atoms with Gasteiger partial charge in [0.05, 0.1) is 9.88 Å². The zero-order valence-electron chi connectivity index (χ0n) is 9.93. The third-order valence-electron chi connectivity index (χ3n) is 3.26. The number of hydrogen-bond acceptors (Lipinski definition) is 3. The highest BCUT2D eigenvalue weighted by molar-refractivity contribution is 7.17. The first kappa shape index (κ1) is 11.3. The molecule has 0 saturated carbocycles. The molecule has 4 heteroatoms. The lowest BCUT2D eigenvalue weighted by Crippen LogP contribution is -2.35. The van der Waals surface area contributed by atoms with Gasteiger partial charge in [-0.3, -0.25) is 4.79 Å². The molecule has 18 heavy (non-hydrogen) atoms. The molecule has 2 N–H and O–H groups in total. The molecule has 0 spiro atoms. The predicted molar refractivity (Wildman–Crippen MR) is 73.6 cm³/mol. The van der Waals surface area contributed by atoms with Crippen molar-refractivity contribution in [2.45, 2.75) is 13.0 Å². The van der Waals surface area contributed by atoms with Crippen molar-refractivity contribution < 1.29 is 4.79 Å². The van der Waals surface area contributed by atoms with E-state index in [2.05, 4.69) is 18.2 Å². The maximum absolute atomic E-state index is 12.3. The van der Waals surface area contributed by atoms with E-state index in [-0.39, 0.29) is 5.91 Å². The molecular weight excluding hydrogens is 244 g/mol. The summed E-state index contributed by atoms with van der Waals surface area (Å²) < 4.78 is 0. The average Bonchev–Trinajstić information content (AvgIpc) is 2.84. The van der Waals surface area contributed by atoms with Crippen LogP contribution >= 0.6 is 11.3 Å². The molecule has 1 aromatic heterocycles. The molecule has 1 aromatic carbocycles. The molecule has 3 rings (SSSR count). The second-order valence-corrected chi connectivity index (χ2v) is 5.56. The van der Waals surface area contributed by atoms with Gasteiger partial charge in [0.1, 0.15) is 0 Å². The zero-order valence-corrected chi connectivity index (χ0v) is 10.7. The third-order valence-corrected chi connectivity index (χ3v) is 4.16. The highest BCUT2D eigenvalue weighted by Crippen LogP contribution is 2.24. The topological polar surface area (TPSA) is 46.3 Å². The molecule has 3 nitrogen and oxygen atoms in total. The Hall–Kier alpha value is -1.81. The van der Waals surface area contributed by atoms with Crippen molar-refractivity contribution >= 4 is 22.2 Å². The number of hydrogen-bond donors (Lipinski definition) is 1. The summed E-state index contributed by atoms with van der Waals surface area (Å²) >= 11 is 1.36. The summed E-state index contributed by atoms with van der Waals surface area (Å²) in [5.74, 6) is 0.0891. The largest absolute Gasteiger partial charge is 0.391 e. The summed E-state index contributed by atoms with van der Waals surface area (Å²) in [6.45, 7) is 1.49. The lowest BCUT2D eigenvalue weighted by atomic mass is 10.00. The van der Waals surface area contributed by atoms with Gasteiger partial charge in [-0.15, -0.1) is 11.3 Å². The molecule has 2 heterocycles. The highest BCUT2D eigenvalue weighted by Gasteiger charge is 2.22. The summed E-state index contributed by atoms with van der Waals surface area (Å²) in [7, 11) is 0. The van der Waals surface area contributed by atoms with Crippen LogP contribution in [0.25, 0.3) is 0 Å². The van der Waals surface area contributed by atoms with Gasteiger partial charge >= 0.3 is 0 Å². The van der Waals surface area contributed by atoms with Crippen molar-refractivity contribution in [3.8, 4) is 0 Å². The molecule has 0 atom stereocenters. The van der Waals surface area contributed by atoms with E-state index >= 15 is 0 Å². The molecule has 0 unspecified atom stereocenters. The van der Waals surface area contributed by atoms with Gasteiger partial charge in [0.2, 0.25) is 0 Å². The number of benzene rings is 1. The van der Waals surface area contributed by atoms with E-state index in [1.807, 2.05) is 17.0 Å². The van der Waals surface area contributed by atoms with Crippen LogP contribution in [0.5, 0.6) is 0 Å². The van der Waals surface area contributed by atoms with Crippen molar-refractivity contribution in [2.24, 2.45) is 0 Å². The number of nitrogens with two attached hydrogens (primary N) is 1. The second-order valence-electron chi connectivity index (χ2n) is 4.45. The van der Waals surface area contributed by atoms with E-state index in [4.69, 9.17) is 5.73 Å². The van der Waals surface area contributed by atoms with Crippen LogP contribution < -0.4 is 5.73 Å². The number of carbonyl (C=O) groups excluding carboxylic acids is 1. The van der Waals surface area contributed by atoms with Crippen LogP contribution in [0.1, 0.15) is 20.8 Å². The van der Waals surface area contributed by atoms with Crippen LogP contribution in [0.3, 0.4) is 0 Å². The van der Waals surface area contributed by atoms with Crippen LogP contribution in [-0.4, -0.2) is 17.4 Å². The number of carbonyl (C=O) groups is 1. The van der Waals surface area contributed by atoms with Gasteiger partial charge in [-0.2, -0.15) is 0 Å².